The molecule has 1 atom stereocenters. The first-order chi connectivity index (χ1) is 16.0. The van der Waals surface area contributed by atoms with Gasteiger partial charge < -0.3 is 10.2 Å². The van der Waals surface area contributed by atoms with Crippen LogP contribution in [0.15, 0.2) is 35.2 Å². The van der Waals surface area contributed by atoms with Crippen LogP contribution in [-0.2, 0) is 14.8 Å². The van der Waals surface area contributed by atoms with E-state index in [0.29, 0.717) is 30.6 Å². The van der Waals surface area contributed by atoms with Gasteiger partial charge in [-0.3, -0.25) is 4.79 Å². The van der Waals surface area contributed by atoms with Crippen molar-refractivity contribution in [3.05, 3.63) is 30.3 Å². The third-order valence-electron chi connectivity index (χ3n) is 7.42. The number of anilines is 1. The zero-order valence-electron chi connectivity index (χ0n) is 19.2. The van der Waals surface area contributed by atoms with Gasteiger partial charge in [0.15, 0.2) is 0 Å². The van der Waals surface area contributed by atoms with Crippen LogP contribution in [0.1, 0.15) is 57.8 Å². The van der Waals surface area contributed by atoms with Crippen molar-refractivity contribution in [2.24, 2.45) is 5.92 Å². The predicted octanol–water partition coefficient (Wildman–Crippen LogP) is 3.68. The fourth-order valence-electron chi connectivity index (χ4n) is 5.47. The molecule has 33 heavy (non-hydrogen) atoms. The Morgan fingerprint density at radius 3 is 2.48 bits per heavy atom. The van der Waals surface area contributed by atoms with E-state index in [-0.39, 0.29) is 11.8 Å². The van der Waals surface area contributed by atoms with E-state index in [9.17, 15) is 13.2 Å². The van der Waals surface area contributed by atoms with Crippen LogP contribution in [-0.4, -0.2) is 55.8 Å². The lowest BCUT2D eigenvalue weighted by Crippen LogP contribution is -2.45. The minimum absolute atomic E-state index is 0.00564. The summed E-state index contributed by atoms with van der Waals surface area (Å²) in [4.78, 5) is 20.1. The quantitative estimate of drug-likeness (QED) is 0.721. The number of sulfonamides is 1. The minimum Gasteiger partial charge on any atom is -0.356 e. The smallest absolute Gasteiger partial charge is 0.243 e. The van der Waals surface area contributed by atoms with Gasteiger partial charge in [0.25, 0.3) is 0 Å². The first-order valence-corrected chi connectivity index (χ1v) is 13.9. The first kappa shape index (κ1) is 22.6. The molecule has 1 aromatic heterocycles. The molecule has 1 amide bonds. The van der Waals surface area contributed by atoms with E-state index in [1.54, 1.807) is 16.4 Å². The van der Waals surface area contributed by atoms with Gasteiger partial charge in [-0.1, -0.05) is 19.3 Å². The lowest BCUT2D eigenvalue weighted by Gasteiger charge is -2.33. The minimum atomic E-state index is -3.46. The Balaban J connectivity index is 1.30. The Morgan fingerprint density at radius 1 is 0.909 bits per heavy atom. The number of amides is 1. The Kier molecular flexibility index (Phi) is 6.56. The van der Waals surface area contributed by atoms with E-state index in [0.717, 1.165) is 68.2 Å². The average Bonchev–Trinajstić information content (AvgIpc) is 3.37. The number of nitrogens with one attached hydrogen (secondary N) is 1. The average molecular weight is 471 g/mol. The number of carbonyl (C=O) groups excluding carboxylic acids is 1. The van der Waals surface area contributed by atoms with Crippen LogP contribution in [0, 0.1) is 5.92 Å². The molecule has 1 saturated carbocycles. The molecule has 0 spiro atoms. The number of pyridine rings is 1. The molecular formula is C25H34N4O3S. The molecular weight excluding hydrogens is 436 g/mol. The second-order valence-electron chi connectivity index (χ2n) is 9.76. The molecule has 3 fully saturated rings. The molecule has 3 aliphatic rings. The summed E-state index contributed by atoms with van der Waals surface area (Å²) in [5.74, 6) is 1.03. The van der Waals surface area contributed by atoms with Crippen molar-refractivity contribution in [2.75, 3.05) is 31.1 Å². The monoisotopic (exact) mass is 470 g/mol. The van der Waals surface area contributed by atoms with Crippen LogP contribution in [0.2, 0.25) is 0 Å². The Morgan fingerprint density at radius 2 is 1.70 bits per heavy atom. The number of nitrogens with zero attached hydrogens (tertiary/aromatic N) is 3. The van der Waals surface area contributed by atoms with Crippen molar-refractivity contribution in [1.29, 1.82) is 0 Å². The summed E-state index contributed by atoms with van der Waals surface area (Å²) < 4.78 is 27.7. The van der Waals surface area contributed by atoms with Crippen molar-refractivity contribution < 1.29 is 13.2 Å². The maximum atomic E-state index is 13.0. The molecule has 7 nitrogen and oxygen atoms in total. The molecule has 1 aromatic carbocycles. The number of hydrogen-bond acceptors (Lipinski definition) is 5. The molecule has 2 aliphatic heterocycles. The van der Waals surface area contributed by atoms with Crippen LogP contribution < -0.4 is 10.2 Å². The summed E-state index contributed by atoms with van der Waals surface area (Å²) in [6, 6.07) is 9.49. The highest BCUT2D eigenvalue weighted by Crippen LogP contribution is 2.28. The normalized spacial score (nSPS) is 23.2. The molecule has 0 bridgehead atoms. The van der Waals surface area contributed by atoms with Crippen LogP contribution >= 0.6 is 0 Å². The van der Waals surface area contributed by atoms with Crippen LogP contribution in [0.3, 0.4) is 0 Å². The summed E-state index contributed by atoms with van der Waals surface area (Å²) in [6.45, 7) is 2.76. The zero-order chi connectivity index (χ0) is 22.8. The molecule has 0 unspecified atom stereocenters. The molecule has 5 rings (SSSR count). The maximum Gasteiger partial charge on any atom is 0.243 e. The van der Waals surface area contributed by atoms with Crippen molar-refractivity contribution in [2.45, 2.75) is 68.7 Å². The van der Waals surface area contributed by atoms with Gasteiger partial charge in [0, 0.05) is 37.6 Å². The van der Waals surface area contributed by atoms with E-state index in [2.05, 4.69) is 10.2 Å². The maximum absolute atomic E-state index is 13.0. The second kappa shape index (κ2) is 9.58. The van der Waals surface area contributed by atoms with Gasteiger partial charge in [0.2, 0.25) is 15.9 Å². The molecule has 8 heteroatoms. The van der Waals surface area contributed by atoms with Gasteiger partial charge in [-0.2, -0.15) is 4.31 Å². The highest BCUT2D eigenvalue weighted by Gasteiger charge is 2.29. The van der Waals surface area contributed by atoms with E-state index < -0.39 is 10.0 Å². The highest BCUT2D eigenvalue weighted by atomic mass is 32.2. The van der Waals surface area contributed by atoms with Gasteiger partial charge in [-0.05, 0) is 68.9 Å². The zero-order valence-corrected chi connectivity index (χ0v) is 20.0. The van der Waals surface area contributed by atoms with E-state index in [1.807, 2.05) is 18.2 Å². The van der Waals surface area contributed by atoms with E-state index >= 15 is 0 Å². The number of hydrogen-bond donors (Lipinski definition) is 1. The number of benzene rings is 1. The van der Waals surface area contributed by atoms with Crippen LogP contribution in [0.25, 0.3) is 10.9 Å². The summed E-state index contributed by atoms with van der Waals surface area (Å²) in [5, 5.41) is 4.07. The molecule has 2 saturated heterocycles. The number of carbonyl (C=O) groups is 1. The van der Waals surface area contributed by atoms with Gasteiger partial charge in [0.1, 0.15) is 5.82 Å². The number of rotatable bonds is 5. The lowest BCUT2D eigenvalue weighted by atomic mass is 9.96. The van der Waals surface area contributed by atoms with Gasteiger partial charge >= 0.3 is 0 Å². The van der Waals surface area contributed by atoms with Crippen LogP contribution in [0.4, 0.5) is 5.82 Å². The predicted molar refractivity (Wildman–Crippen MR) is 130 cm³/mol. The van der Waals surface area contributed by atoms with Gasteiger partial charge in [-0.25, -0.2) is 13.4 Å². The summed E-state index contributed by atoms with van der Waals surface area (Å²) >= 11 is 0. The topological polar surface area (TPSA) is 82.6 Å². The lowest BCUT2D eigenvalue weighted by molar-refractivity contribution is -0.125. The van der Waals surface area contributed by atoms with Crippen molar-refractivity contribution in [3.8, 4) is 0 Å². The van der Waals surface area contributed by atoms with Crippen molar-refractivity contribution in [1.82, 2.24) is 14.6 Å². The first-order valence-electron chi connectivity index (χ1n) is 12.5. The third kappa shape index (κ3) is 4.87. The van der Waals surface area contributed by atoms with Crippen LogP contribution in [0.5, 0.6) is 0 Å². The Bertz CT molecular complexity index is 1110. The van der Waals surface area contributed by atoms with Crippen molar-refractivity contribution >= 4 is 32.7 Å². The fourth-order valence-corrected chi connectivity index (χ4v) is 7.03. The third-order valence-corrected chi connectivity index (χ3v) is 9.31. The SMILES string of the molecule is O=C(NC1CCCC1)[C@@H]1CCCN(c2ccc3cc(S(=O)(=O)N4CCCCC4)ccc3n2)C1. The number of piperidine rings is 2. The molecule has 178 valence electrons. The largest absolute Gasteiger partial charge is 0.356 e. The van der Waals surface area contributed by atoms with E-state index in [4.69, 9.17) is 4.98 Å². The highest BCUT2D eigenvalue weighted by molar-refractivity contribution is 7.89. The molecule has 1 aliphatic carbocycles. The number of aromatic nitrogens is 1. The molecule has 0 radical (unpaired) electrons. The van der Waals surface area contributed by atoms with Crippen molar-refractivity contribution in [3.63, 3.8) is 0 Å². The van der Waals surface area contributed by atoms with Gasteiger partial charge in [0.05, 0.1) is 16.3 Å². The fraction of sp³-hybridized carbons (Fsp3) is 0.600. The summed E-state index contributed by atoms with van der Waals surface area (Å²) in [5.41, 5.74) is 0.780. The van der Waals surface area contributed by atoms with E-state index in [1.165, 1.54) is 12.8 Å². The standard InChI is InChI=1S/C25H34N4O3S/c30-25(26-21-8-2-3-9-21)20-7-6-14-28(18-20)24-13-10-19-17-22(11-12-23(19)27-24)33(31,32)29-15-4-1-5-16-29/h10-13,17,20-21H,1-9,14-16,18H2,(H,26,30)/t20-/m1/s1. The summed E-state index contributed by atoms with van der Waals surface area (Å²) in [7, 11) is -3.46. The number of fused-ring (bicyclic) bond motifs is 1. The Labute approximate surface area is 196 Å². The second-order valence-corrected chi connectivity index (χ2v) is 11.7. The summed E-state index contributed by atoms with van der Waals surface area (Å²) in [6.07, 6.45) is 9.45. The molecule has 3 heterocycles. The van der Waals surface area contributed by atoms with Gasteiger partial charge in [-0.15, -0.1) is 0 Å². The molecule has 1 N–H and O–H groups in total. The molecule has 2 aromatic rings. The Hall–Kier alpha value is -2.19.